The summed E-state index contributed by atoms with van der Waals surface area (Å²) >= 11 is 0. The van der Waals surface area contributed by atoms with Gasteiger partial charge in [0.1, 0.15) is 0 Å². The van der Waals surface area contributed by atoms with E-state index in [4.69, 9.17) is 5.53 Å². The number of para-hydroxylation sites is 1. The third-order valence-electron chi connectivity index (χ3n) is 1.72. The van der Waals surface area contributed by atoms with Crippen LogP contribution in [0.2, 0.25) is 0 Å². The molecule has 0 unspecified atom stereocenters. The highest BCUT2D eigenvalue weighted by Crippen LogP contribution is 2.23. The molecule has 2 rings (SSSR count). The van der Waals surface area contributed by atoms with Gasteiger partial charge in [0.15, 0.2) is 0 Å². The molecule has 1 aromatic carbocycles. The van der Waals surface area contributed by atoms with E-state index in [9.17, 15) is 0 Å². The number of aromatic nitrogens is 1. The van der Waals surface area contributed by atoms with Crippen molar-refractivity contribution >= 4 is 16.6 Å². The zero-order valence-corrected chi connectivity index (χ0v) is 6.23. The molecule has 4 nitrogen and oxygen atoms in total. The lowest BCUT2D eigenvalue weighted by Gasteiger charge is -1.92. The van der Waals surface area contributed by atoms with Gasteiger partial charge in [0.2, 0.25) is 0 Å². The molecule has 4 heteroatoms. The quantitative estimate of drug-likeness (QED) is 0.376. The van der Waals surface area contributed by atoms with E-state index in [1.54, 1.807) is 6.07 Å². The van der Waals surface area contributed by atoms with Gasteiger partial charge >= 0.3 is 0 Å². The maximum Gasteiger partial charge on any atom is 0.0616 e. The lowest BCUT2D eigenvalue weighted by Crippen LogP contribution is -1.67. The summed E-state index contributed by atoms with van der Waals surface area (Å²) in [5.74, 6) is 0. The highest BCUT2D eigenvalue weighted by atomic mass is 15.1. The Morgan fingerprint density at radius 1 is 1.33 bits per heavy atom. The molecule has 0 fully saturated rings. The fourth-order valence-corrected chi connectivity index (χ4v) is 1.20. The van der Waals surface area contributed by atoms with Gasteiger partial charge in [0.25, 0.3) is 0 Å². The van der Waals surface area contributed by atoms with Gasteiger partial charge in [0.05, 0.1) is 11.2 Å². The Balaban J connectivity index is 2.81. The number of hydrogen-bond acceptors (Lipinski definition) is 1. The highest BCUT2D eigenvalue weighted by molar-refractivity contribution is 5.89. The van der Waals surface area contributed by atoms with Crippen LogP contribution in [0.3, 0.4) is 0 Å². The lowest BCUT2D eigenvalue weighted by molar-refractivity contribution is 1.43. The Hall–Kier alpha value is -1.93. The predicted molar refractivity (Wildman–Crippen MR) is 47.1 cm³/mol. The van der Waals surface area contributed by atoms with Crippen LogP contribution in [-0.4, -0.2) is 4.98 Å². The summed E-state index contributed by atoms with van der Waals surface area (Å²) in [5, 5.41) is 4.61. The molecule has 0 saturated heterocycles. The molecular weight excluding hydrogens is 152 g/mol. The number of hydrogen-bond donors (Lipinski definition) is 1. The summed E-state index contributed by atoms with van der Waals surface area (Å²) in [6.45, 7) is 0. The molecule has 0 radical (unpaired) electrons. The number of rotatable bonds is 1. The van der Waals surface area contributed by atoms with Gasteiger partial charge < -0.3 is 4.98 Å². The van der Waals surface area contributed by atoms with E-state index >= 15 is 0 Å². The van der Waals surface area contributed by atoms with Crippen LogP contribution in [0.15, 0.2) is 35.6 Å². The van der Waals surface area contributed by atoms with Crippen LogP contribution in [0.25, 0.3) is 21.3 Å². The van der Waals surface area contributed by atoms with Crippen molar-refractivity contribution in [3.05, 3.63) is 40.9 Å². The predicted octanol–water partition coefficient (Wildman–Crippen LogP) is 3.11. The van der Waals surface area contributed by atoms with Gasteiger partial charge in [-0.3, -0.25) is 0 Å². The van der Waals surface area contributed by atoms with Gasteiger partial charge in [-0.2, -0.15) is 0 Å². The van der Waals surface area contributed by atoms with Crippen LogP contribution >= 0.6 is 0 Å². The molecule has 1 N–H and O–H groups in total. The molecule has 12 heavy (non-hydrogen) atoms. The minimum atomic E-state index is 0.639. The Kier molecular flexibility index (Phi) is 1.47. The molecule has 0 aliphatic carbocycles. The molecule has 58 valence electrons. The van der Waals surface area contributed by atoms with Gasteiger partial charge in [0, 0.05) is 11.1 Å². The van der Waals surface area contributed by atoms with Gasteiger partial charge in [-0.1, -0.05) is 23.3 Å². The molecule has 0 aliphatic heterocycles. The Morgan fingerprint density at radius 2 is 2.25 bits per heavy atom. The number of nitrogens with one attached hydrogen (secondary N) is 1. The van der Waals surface area contributed by atoms with Gasteiger partial charge in [-0.05, 0) is 17.0 Å². The first-order chi connectivity index (χ1) is 5.92. The molecule has 0 aliphatic rings. The van der Waals surface area contributed by atoms with Crippen LogP contribution < -0.4 is 0 Å². The fraction of sp³-hybridized carbons (Fsp3) is 0. The number of aromatic amines is 1. The summed E-state index contributed by atoms with van der Waals surface area (Å²) in [7, 11) is 0. The zero-order chi connectivity index (χ0) is 8.39. The van der Waals surface area contributed by atoms with Crippen LogP contribution in [0.4, 0.5) is 5.69 Å². The summed E-state index contributed by atoms with van der Waals surface area (Å²) in [4.78, 5) is 5.75. The molecule has 0 saturated carbocycles. The first kappa shape index (κ1) is 6.76. The van der Waals surface area contributed by atoms with Gasteiger partial charge in [-0.25, -0.2) is 0 Å². The molecule has 0 spiro atoms. The number of azide groups is 1. The number of H-pyrrole nitrogens is 1. The monoisotopic (exact) mass is 158 g/mol. The van der Waals surface area contributed by atoms with E-state index < -0.39 is 0 Å². The second-order valence-electron chi connectivity index (χ2n) is 2.41. The first-order valence-corrected chi connectivity index (χ1v) is 3.53. The average Bonchev–Trinajstić information content (AvgIpc) is 2.53. The van der Waals surface area contributed by atoms with Crippen molar-refractivity contribution in [1.82, 2.24) is 4.98 Å². The van der Waals surface area contributed by atoms with Crippen molar-refractivity contribution in [2.45, 2.75) is 0 Å². The summed E-state index contributed by atoms with van der Waals surface area (Å²) in [6, 6.07) is 7.53. The highest BCUT2D eigenvalue weighted by Gasteiger charge is 1.97. The first-order valence-electron chi connectivity index (χ1n) is 3.53. The van der Waals surface area contributed by atoms with E-state index in [0.29, 0.717) is 5.69 Å². The van der Waals surface area contributed by atoms with Crippen molar-refractivity contribution in [2.75, 3.05) is 0 Å². The van der Waals surface area contributed by atoms with Crippen molar-refractivity contribution in [1.29, 1.82) is 0 Å². The van der Waals surface area contributed by atoms with Crippen molar-refractivity contribution in [3.63, 3.8) is 0 Å². The third-order valence-corrected chi connectivity index (χ3v) is 1.72. The molecule has 1 heterocycles. The largest absolute Gasteiger partial charge is 0.361 e. The second-order valence-corrected chi connectivity index (χ2v) is 2.41. The van der Waals surface area contributed by atoms with E-state index in [0.717, 1.165) is 10.9 Å². The number of benzene rings is 1. The van der Waals surface area contributed by atoms with Crippen LogP contribution in [0.1, 0.15) is 0 Å². The van der Waals surface area contributed by atoms with Crippen molar-refractivity contribution in [3.8, 4) is 0 Å². The maximum atomic E-state index is 8.26. The molecule has 0 atom stereocenters. The van der Waals surface area contributed by atoms with E-state index in [1.165, 1.54) is 0 Å². The molecule has 1 aromatic heterocycles. The minimum absolute atomic E-state index is 0.639. The minimum Gasteiger partial charge on any atom is -0.361 e. The van der Waals surface area contributed by atoms with E-state index in [2.05, 4.69) is 15.0 Å². The third kappa shape index (κ3) is 0.909. The molecular formula is C8H6N4. The molecule has 0 amide bonds. The smallest absolute Gasteiger partial charge is 0.0616 e. The number of nitrogens with zero attached hydrogens (tertiary/aromatic N) is 3. The summed E-state index contributed by atoms with van der Waals surface area (Å²) in [5.41, 5.74) is 9.78. The lowest BCUT2D eigenvalue weighted by atomic mass is 10.2. The SMILES string of the molecule is [N-]=[N+]=Nc1cccc2cc[nH]c12. The fourth-order valence-electron chi connectivity index (χ4n) is 1.20. The summed E-state index contributed by atoms with van der Waals surface area (Å²) in [6.07, 6.45) is 1.82. The maximum absolute atomic E-state index is 8.26. The second kappa shape index (κ2) is 2.60. The number of fused-ring (bicyclic) bond motifs is 1. The Morgan fingerprint density at radius 3 is 3.08 bits per heavy atom. The Labute approximate surface area is 68.5 Å². The zero-order valence-electron chi connectivity index (χ0n) is 6.23. The Bertz CT molecular complexity index is 451. The normalized spacial score (nSPS) is 9.67. The van der Waals surface area contributed by atoms with Crippen molar-refractivity contribution in [2.24, 2.45) is 5.11 Å². The standard InChI is InChI=1S/C8H6N4/c9-12-11-7-3-1-2-6-4-5-10-8(6)7/h1-5,10H. The summed E-state index contributed by atoms with van der Waals surface area (Å²) < 4.78 is 0. The van der Waals surface area contributed by atoms with Crippen LogP contribution in [0.5, 0.6) is 0 Å². The van der Waals surface area contributed by atoms with E-state index in [1.807, 2.05) is 24.4 Å². The topological polar surface area (TPSA) is 64.6 Å². The van der Waals surface area contributed by atoms with E-state index in [-0.39, 0.29) is 0 Å². The molecule has 0 bridgehead atoms. The van der Waals surface area contributed by atoms with Crippen LogP contribution in [-0.2, 0) is 0 Å². The average molecular weight is 158 g/mol. The van der Waals surface area contributed by atoms with Crippen molar-refractivity contribution < 1.29 is 0 Å². The molecule has 2 aromatic rings. The van der Waals surface area contributed by atoms with Gasteiger partial charge in [-0.15, -0.1) is 0 Å². The van der Waals surface area contributed by atoms with Crippen LogP contribution in [0, 0.1) is 0 Å².